The molecule has 7 nitrogen and oxygen atoms in total. The van der Waals surface area contributed by atoms with Gasteiger partial charge in [-0.2, -0.15) is 0 Å². The zero-order valence-electron chi connectivity index (χ0n) is 15.9. The van der Waals surface area contributed by atoms with Gasteiger partial charge in [-0.1, -0.05) is 42.5 Å². The maximum Gasteiger partial charge on any atom is 0.417 e. The van der Waals surface area contributed by atoms with E-state index >= 15 is 0 Å². The van der Waals surface area contributed by atoms with Gasteiger partial charge < -0.3 is 20.2 Å². The van der Waals surface area contributed by atoms with Crippen molar-refractivity contribution in [3.63, 3.8) is 0 Å². The number of nitrogens with one attached hydrogen (secondary N) is 2. The fraction of sp³-hybridized carbons (Fsp3) is 0.0435. The minimum absolute atomic E-state index is 0.0909. The summed E-state index contributed by atoms with van der Waals surface area (Å²) >= 11 is 0. The molecule has 0 spiro atoms. The molecule has 0 bridgehead atoms. The Balaban J connectivity index is 1.51. The van der Waals surface area contributed by atoms with E-state index in [1.54, 1.807) is 48.5 Å². The summed E-state index contributed by atoms with van der Waals surface area (Å²) in [6, 6.07) is 23.1. The number of aromatic amines is 1. The molecule has 150 valence electrons. The van der Waals surface area contributed by atoms with E-state index in [4.69, 9.17) is 14.9 Å². The number of anilines is 2. The number of nitrogens with two attached hydrogens (primary N) is 1. The van der Waals surface area contributed by atoms with Gasteiger partial charge in [-0.3, -0.25) is 9.78 Å². The summed E-state index contributed by atoms with van der Waals surface area (Å²) in [6.07, 6.45) is 0. The first-order valence-electron chi connectivity index (χ1n) is 9.26. The number of oxazole rings is 1. The predicted octanol–water partition coefficient (Wildman–Crippen LogP) is 4.05. The average Bonchev–Trinajstić information content (AvgIpc) is 3.15. The summed E-state index contributed by atoms with van der Waals surface area (Å²) in [5, 5.41) is 2.78. The number of amides is 1. The number of para-hydroxylation sites is 3. The van der Waals surface area contributed by atoms with Crippen LogP contribution in [0, 0.1) is 0 Å². The van der Waals surface area contributed by atoms with Crippen LogP contribution in [0.5, 0.6) is 5.75 Å². The van der Waals surface area contributed by atoms with E-state index in [2.05, 4.69) is 10.3 Å². The lowest BCUT2D eigenvalue weighted by atomic mass is 10.1. The zero-order valence-corrected chi connectivity index (χ0v) is 15.9. The molecule has 0 radical (unpaired) electrons. The largest absolute Gasteiger partial charge is 0.486 e. The van der Waals surface area contributed by atoms with Crippen molar-refractivity contribution in [3.8, 4) is 17.0 Å². The van der Waals surface area contributed by atoms with E-state index in [9.17, 15) is 9.59 Å². The lowest BCUT2D eigenvalue weighted by Gasteiger charge is -2.09. The van der Waals surface area contributed by atoms with Crippen molar-refractivity contribution in [2.75, 3.05) is 11.1 Å². The number of carbonyl (C=O) groups excluding carboxylic acids is 1. The molecule has 30 heavy (non-hydrogen) atoms. The van der Waals surface area contributed by atoms with Crippen LogP contribution in [0.3, 0.4) is 0 Å². The molecule has 0 aliphatic rings. The first-order chi connectivity index (χ1) is 14.6. The van der Waals surface area contributed by atoms with Gasteiger partial charge in [-0.25, -0.2) is 4.79 Å². The second-order valence-corrected chi connectivity index (χ2v) is 6.53. The fourth-order valence-corrected chi connectivity index (χ4v) is 2.95. The van der Waals surface area contributed by atoms with Crippen LogP contribution in [-0.2, 0) is 6.61 Å². The van der Waals surface area contributed by atoms with Gasteiger partial charge >= 0.3 is 5.76 Å². The molecule has 0 aliphatic carbocycles. The van der Waals surface area contributed by atoms with Crippen molar-refractivity contribution in [2.45, 2.75) is 6.61 Å². The maximum atomic E-state index is 12.5. The molecule has 4 aromatic rings. The molecular formula is C23H19N3O4. The van der Waals surface area contributed by atoms with E-state index in [0.29, 0.717) is 39.7 Å². The van der Waals surface area contributed by atoms with Gasteiger partial charge in [0.25, 0.3) is 5.91 Å². The summed E-state index contributed by atoms with van der Waals surface area (Å²) in [6.45, 7) is 0.0909. The molecular weight excluding hydrogens is 382 g/mol. The third kappa shape index (κ3) is 4.25. The summed E-state index contributed by atoms with van der Waals surface area (Å²) in [5.41, 5.74) is 8.56. The minimum Gasteiger partial charge on any atom is -0.486 e. The Morgan fingerprint density at radius 2 is 1.67 bits per heavy atom. The van der Waals surface area contributed by atoms with Gasteiger partial charge in [0.05, 0.1) is 17.1 Å². The normalized spacial score (nSPS) is 10.5. The van der Waals surface area contributed by atoms with Crippen molar-refractivity contribution < 1.29 is 13.9 Å². The quantitative estimate of drug-likeness (QED) is 0.422. The van der Waals surface area contributed by atoms with Crippen LogP contribution in [0.1, 0.15) is 16.1 Å². The highest BCUT2D eigenvalue weighted by molar-refractivity contribution is 6.05. The highest BCUT2D eigenvalue weighted by Crippen LogP contribution is 2.24. The van der Waals surface area contributed by atoms with Crippen LogP contribution in [0.2, 0.25) is 0 Å². The molecule has 3 aromatic carbocycles. The Morgan fingerprint density at radius 1 is 0.967 bits per heavy atom. The van der Waals surface area contributed by atoms with Gasteiger partial charge in [0.15, 0.2) is 5.76 Å². The number of carbonyl (C=O) groups is 1. The van der Waals surface area contributed by atoms with Gasteiger partial charge in [-0.15, -0.1) is 0 Å². The summed E-state index contributed by atoms with van der Waals surface area (Å²) in [4.78, 5) is 26.9. The Morgan fingerprint density at radius 3 is 2.40 bits per heavy atom. The van der Waals surface area contributed by atoms with Gasteiger partial charge in [0.2, 0.25) is 0 Å². The standard InChI is InChI=1S/C23H19N3O4/c24-18-8-4-5-9-19(18)25-22(27)16-12-10-15(11-13-16)21-20(30-23(28)26-21)14-29-17-6-2-1-3-7-17/h1-13H,14,24H2,(H,25,27)(H,26,28). The predicted molar refractivity (Wildman–Crippen MR) is 114 cm³/mol. The van der Waals surface area contributed by atoms with Crippen molar-refractivity contribution in [1.29, 1.82) is 0 Å². The number of H-pyrrole nitrogens is 1. The lowest BCUT2D eigenvalue weighted by molar-refractivity contribution is 0.102. The van der Waals surface area contributed by atoms with Crippen LogP contribution < -0.4 is 21.5 Å². The van der Waals surface area contributed by atoms with E-state index in [0.717, 1.165) is 0 Å². The molecule has 4 rings (SSSR count). The average molecular weight is 401 g/mol. The molecule has 7 heteroatoms. The van der Waals surface area contributed by atoms with Crippen LogP contribution >= 0.6 is 0 Å². The smallest absolute Gasteiger partial charge is 0.417 e. The van der Waals surface area contributed by atoms with E-state index < -0.39 is 5.76 Å². The van der Waals surface area contributed by atoms with Gasteiger partial charge in [0.1, 0.15) is 12.4 Å². The molecule has 0 atom stereocenters. The van der Waals surface area contributed by atoms with E-state index in [1.165, 1.54) is 0 Å². The topological polar surface area (TPSA) is 110 Å². The van der Waals surface area contributed by atoms with Crippen molar-refractivity contribution in [3.05, 3.63) is 101 Å². The summed E-state index contributed by atoms with van der Waals surface area (Å²) in [7, 11) is 0. The van der Waals surface area contributed by atoms with Crippen LogP contribution in [0.4, 0.5) is 11.4 Å². The molecule has 1 aromatic heterocycles. The molecule has 4 N–H and O–H groups in total. The second kappa shape index (κ2) is 8.40. The number of hydrogen-bond acceptors (Lipinski definition) is 5. The highest BCUT2D eigenvalue weighted by Gasteiger charge is 2.14. The first-order valence-corrected chi connectivity index (χ1v) is 9.26. The van der Waals surface area contributed by atoms with Crippen molar-refractivity contribution >= 4 is 17.3 Å². The van der Waals surface area contributed by atoms with Gasteiger partial charge in [-0.05, 0) is 36.4 Å². The van der Waals surface area contributed by atoms with Gasteiger partial charge in [0, 0.05) is 11.1 Å². The Labute approximate surface area is 172 Å². The third-order valence-corrected chi connectivity index (χ3v) is 4.48. The van der Waals surface area contributed by atoms with E-state index in [1.807, 2.05) is 30.3 Å². The molecule has 1 heterocycles. The Hall–Kier alpha value is -4.26. The highest BCUT2D eigenvalue weighted by atomic mass is 16.5. The zero-order chi connectivity index (χ0) is 20.9. The Bertz CT molecular complexity index is 1210. The minimum atomic E-state index is -0.571. The summed E-state index contributed by atoms with van der Waals surface area (Å²) < 4.78 is 10.9. The monoisotopic (exact) mass is 401 g/mol. The second-order valence-electron chi connectivity index (χ2n) is 6.53. The molecule has 0 saturated heterocycles. The van der Waals surface area contributed by atoms with Crippen molar-refractivity contribution in [2.24, 2.45) is 0 Å². The molecule has 1 amide bonds. The first kappa shape index (κ1) is 19.1. The number of aromatic nitrogens is 1. The SMILES string of the molecule is Nc1ccccc1NC(=O)c1ccc(-c2[nH]c(=O)oc2COc2ccccc2)cc1. The molecule has 0 unspecified atom stereocenters. The molecule has 0 fully saturated rings. The number of nitrogen functional groups attached to an aromatic ring is 1. The van der Waals surface area contributed by atoms with E-state index in [-0.39, 0.29) is 12.5 Å². The number of benzene rings is 3. The number of hydrogen-bond donors (Lipinski definition) is 3. The number of ether oxygens (including phenoxy) is 1. The van der Waals surface area contributed by atoms with Crippen molar-refractivity contribution in [1.82, 2.24) is 4.98 Å². The maximum absolute atomic E-state index is 12.5. The molecule has 0 saturated carbocycles. The third-order valence-electron chi connectivity index (χ3n) is 4.48. The number of rotatable bonds is 6. The van der Waals surface area contributed by atoms with Crippen LogP contribution in [0.15, 0.2) is 88.1 Å². The lowest BCUT2D eigenvalue weighted by Crippen LogP contribution is -2.13. The molecule has 0 aliphatic heterocycles. The summed E-state index contributed by atoms with van der Waals surface area (Å²) in [5.74, 6) is 0.184. The van der Waals surface area contributed by atoms with Crippen LogP contribution in [-0.4, -0.2) is 10.9 Å². The van der Waals surface area contributed by atoms with Crippen LogP contribution in [0.25, 0.3) is 11.3 Å². The Kier molecular flexibility index (Phi) is 5.34. The fourth-order valence-electron chi connectivity index (χ4n) is 2.95.